The molecule has 1 aromatic carbocycles. The summed E-state index contributed by atoms with van der Waals surface area (Å²) < 4.78 is 0. The standard InChI is InChI=1S/C11H10N2/c1-2-5-10(6-3-1)9-11-12-7-4-8-13-11/h1-9,12H/b11-9+. The van der Waals surface area contributed by atoms with E-state index in [4.69, 9.17) is 0 Å². The van der Waals surface area contributed by atoms with Gasteiger partial charge in [0.05, 0.1) is 0 Å². The van der Waals surface area contributed by atoms with E-state index in [0.29, 0.717) is 0 Å². The van der Waals surface area contributed by atoms with Gasteiger partial charge in [-0.3, -0.25) is 0 Å². The van der Waals surface area contributed by atoms with E-state index in [1.165, 1.54) is 0 Å². The smallest absolute Gasteiger partial charge is 0.130 e. The van der Waals surface area contributed by atoms with E-state index >= 15 is 0 Å². The van der Waals surface area contributed by atoms with E-state index in [9.17, 15) is 0 Å². The Bertz CT molecular complexity index is 361. The molecule has 2 rings (SSSR count). The zero-order valence-corrected chi connectivity index (χ0v) is 7.14. The normalized spacial score (nSPS) is 17.4. The Balaban J connectivity index is 2.21. The van der Waals surface area contributed by atoms with Crippen LogP contribution in [0.2, 0.25) is 0 Å². The third-order valence-corrected chi connectivity index (χ3v) is 1.73. The van der Waals surface area contributed by atoms with Crippen molar-refractivity contribution < 1.29 is 0 Å². The zero-order chi connectivity index (χ0) is 8.93. The minimum Gasteiger partial charge on any atom is -0.347 e. The van der Waals surface area contributed by atoms with Gasteiger partial charge in [0, 0.05) is 12.4 Å². The van der Waals surface area contributed by atoms with Crippen molar-refractivity contribution in [1.29, 1.82) is 0 Å². The summed E-state index contributed by atoms with van der Waals surface area (Å²) >= 11 is 0. The molecule has 0 radical (unpaired) electrons. The average Bonchev–Trinajstić information content (AvgIpc) is 2.21. The number of hydrogen-bond donors (Lipinski definition) is 1. The van der Waals surface area contributed by atoms with Crippen molar-refractivity contribution >= 4 is 12.3 Å². The highest BCUT2D eigenvalue weighted by Crippen LogP contribution is 2.06. The maximum absolute atomic E-state index is 4.16. The lowest BCUT2D eigenvalue weighted by Gasteiger charge is -2.03. The molecule has 1 aromatic rings. The Hall–Kier alpha value is -1.83. The van der Waals surface area contributed by atoms with Gasteiger partial charge in [-0.05, 0) is 17.7 Å². The minimum absolute atomic E-state index is 0.869. The van der Waals surface area contributed by atoms with Crippen molar-refractivity contribution in [3.05, 3.63) is 54.0 Å². The predicted octanol–water partition coefficient (Wildman–Crippen LogP) is 2.17. The molecule has 1 aliphatic heterocycles. The number of aliphatic imine (C=N–C) groups is 1. The Kier molecular flexibility index (Phi) is 2.23. The summed E-state index contributed by atoms with van der Waals surface area (Å²) in [5.74, 6) is 0.869. The molecule has 0 unspecified atom stereocenters. The summed E-state index contributed by atoms with van der Waals surface area (Å²) in [4.78, 5) is 4.16. The first-order chi connectivity index (χ1) is 6.45. The summed E-state index contributed by atoms with van der Waals surface area (Å²) in [5, 5.41) is 3.05. The second-order valence-corrected chi connectivity index (χ2v) is 2.72. The molecule has 0 amide bonds. The van der Waals surface area contributed by atoms with Gasteiger partial charge in [0.25, 0.3) is 0 Å². The van der Waals surface area contributed by atoms with Crippen LogP contribution in [0.4, 0.5) is 0 Å². The molecular formula is C11H10N2. The lowest BCUT2D eigenvalue weighted by molar-refractivity contribution is 1.03. The molecule has 2 nitrogen and oxygen atoms in total. The van der Waals surface area contributed by atoms with E-state index in [-0.39, 0.29) is 0 Å². The topological polar surface area (TPSA) is 24.4 Å². The zero-order valence-electron chi connectivity index (χ0n) is 7.14. The third-order valence-electron chi connectivity index (χ3n) is 1.73. The van der Waals surface area contributed by atoms with Crippen LogP contribution in [0.25, 0.3) is 6.08 Å². The van der Waals surface area contributed by atoms with Crippen LogP contribution in [0, 0.1) is 0 Å². The number of rotatable bonds is 1. The first-order valence-corrected chi connectivity index (χ1v) is 4.18. The number of hydrogen-bond acceptors (Lipinski definition) is 2. The number of allylic oxidation sites excluding steroid dienone is 1. The van der Waals surface area contributed by atoms with Gasteiger partial charge in [-0.25, -0.2) is 4.99 Å². The quantitative estimate of drug-likeness (QED) is 0.686. The van der Waals surface area contributed by atoms with Gasteiger partial charge in [0.1, 0.15) is 5.82 Å². The largest absolute Gasteiger partial charge is 0.347 e. The van der Waals surface area contributed by atoms with Crippen molar-refractivity contribution in [2.45, 2.75) is 0 Å². The van der Waals surface area contributed by atoms with Crippen molar-refractivity contribution in [1.82, 2.24) is 5.32 Å². The average molecular weight is 170 g/mol. The highest BCUT2D eigenvalue weighted by molar-refractivity contribution is 5.74. The van der Waals surface area contributed by atoms with Gasteiger partial charge in [-0.2, -0.15) is 0 Å². The first-order valence-electron chi connectivity index (χ1n) is 4.18. The van der Waals surface area contributed by atoms with Gasteiger partial charge in [0.2, 0.25) is 0 Å². The molecule has 0 spiro atoms. The highest BCUT2D eigenvalue weighted by atomic mass is 15.0. The summed E-state index contributed by atoms with van der Waals surface area (Å²) in [6, 6.07) is 10.1. The minimum atomic E-state index is 0.869. The van der Waals surface area contributed by atoms with Crippen molar-refractivity contribution in [3.63, 3.8) is 0 Å². The second kappa shape index (κ2) is 3.72. The number of nitrogens with zero attached hydrogens (tertiary/aromatic N) is 1. The molecule has 0 aliphatic carbocycles. The maximum atomic E-state index is 4.16. The highest BCUT2D eigenvalue weighted by Gasteiger charge is 1.93. The van der Waals surface area contributed by atoms with E-state index in [2.05, 4.69) is 10.3 Å². The third kappa shape index (κ3) is 2.06. The molecule has 0 atom stereocenters. The molecule has 1 aliphatic rings. The fraction of sp³-hybridized carbons (Fsp3) is 0. The number of nitrogens with one attached hydrogen (secondary N) is 1. The van der Waals surface area contributed by atoms with Crippen LogP contribution in [-0.4, -0.2) is 6.21 Å². The molecular weight excluding hydrogens is 160 g/mol. The van der Waals surface area contributed by atoms with Gasteiger partial charge >= 0.3 is 0 Å². The summed E-state index contributed by atoms with van der Waals surface area (Å²) in [5.41, 5.74) is 1.15. The van der Waals surface area contributed by atoms with Crippen LogP contribution in [0.15, 0.2) is 53.4 Å². The number of benzene rings is 1. The summed E-state index contributed by atoms with van der Waals surface area (Å²) in [6.45, 7) is 0. The van der Waals surface area contributed by atoms with Crippen LogP contribution < -0.4 is 5.32 Å². The molecule has 0 saturated carbocycles. The summed E-state index contributed by atoms with van der Waals surface area (Å²) in [7, 11) is 0. The molecule has 2 heteroatoms. The fourth-order valence-electron chi connectivity index (χ4n) is 1.12. The molecule has 0 saturated heterocycles. The first kappa shape index (κ1) is 7.80. The van der Waals surface area contributed by atoms with Crippen molar-refractivity contribution in [2.75, 3.05) is 0 Å². The van der Waals surface area contributed by atoms with E-state index in [1.54, 1.807) is 6.21 Å². The Morgan fingerprint density at radius 2 is 2.00 bits per heavy atom. The molecule has 13 heavy (non-hydrogen) atoms. The lowest BCUT2D eigenvalue weighted by atomic mass is 10.2. The van der Waals surface area contributed by atoms with Gasteiger partial charge in [-0.1, -0.05) is 30.3 Å². The lowest BCUT2D eigenvalue weighted by Crippen LogP contribution is -2.05. The molecule has 0 bridgehead atoms. The van der Waals surface area contributed by atoms with Crippen LogP contribution in [0.3, 0.4) is 0 Å². The van der Waals surface area contributed by atoms with E-state index in [1.807, 2.05) is 48.7 Å². The monoisotopic (exact) mass is 170 g/mol. The Morgan fingerprint density at radius 1 is 1.15 bits per heavy atom. The van der Waals surface area contributed by atoms with Crippen molar-refractivity contribution in [2.24, 2.45) is 4.99 Å². The molecule has 0 aromatic heterocycles. The van der Waals surface area contributed by atoms with Gasteiger partial charge in [-0.15, -0.1) is 0 Å². The molecule has 1 N–H and O–H groups in total. The van der Waals surface area contributed by atoms with Gasteiger partial charge < -0.3 is 5.32 Å². The van der Waals surface area contributed by atoms with Crippen LogP contribution >= 0.6 is 0 Å². The summed E-state index contributed by atoms with van der Waals surface area (Å²) in [6.07, 6.45) is 7.50. The van der Waals surface area contributed by atoms with Crippen LogP contribution in [0.1, 0.15) is 5.56 Å². The van der Waals surface area contributed by atoms with E-state index in [0.717, 1.165) is 11.4 Å². The Morgan fingerprint density at radius 3 is 2.69 bits per heavy atom. The molecule has 1 heterocycles. The Labute approximate surface area is 77.3 Å². The fourth-order valence-corrected chi connectivity index (χ4v) is 1.12. The van der Waals surface area contributed by atoms with E-state index < -0.39 is 0 Å². The van der Waals surface area contributed by atoms with Gasteiger partial charge in [0.15, 0.2) is 0 Å². The van der Waals surface area contributed by atoms with Crippen LogP contribution in [0.5, 0.6) is 0 Å². The predicted molar refractivity (Wildman–Crippen MR) is 55.2 cm³/mol. The molecule has 64 valence electrons. The van der Waals surface area contributed by atoms with Crippen LogP contribution in [-0.2, 0) is 0 Å². The second-order valence-electron chi connectivity index (χ2n) is 2.72. The SMILES string of the molecule is C1=CN/C(=C\c2ccccc2)N=C1. The molecule has 0 fully saturated rings. The maximum Gasteiger partial charge on any atom is 0.130 e. The van der Waals surface area contributed by atoms with Crippen molar-refractivity contribution in [3.8, 4) is 0 Å².